The number of fused-ring (bicyclic) bond motifs is 5. The number of aliphatic hydroxyl groups excluding tert-OH is 1. The van der Waals surface area contributed by atoms with E-state index < -0.39 is 0 Å². The van der Waals surface area contributed by atoms with Crippen molar-refractivity contribution in [3.05, 3.63) is 34.9 Å². The first-order chi connectivity index (χ1) is 10.9. The molecule has 0 amide bonds. The molecule has 0 spiro atoms. The van der Waals surface area contributed by atoms with Crippen LogP contribution in [-0.2, 0) is 6.42 Å². The second-order valence-electron chi connectivity index (χ2n) is 9.24. The van der Waals surface area contributed by atoms with Gasteiger partial charge in [0.05, 0.1) is 6.10 Å². The number of hydrogen-bond donors (Lipinski definition) is 1. The smallest absolute Gasteiger partial charge is 0.0596 e. The number of benzene rings is 1. The van der Waals surface area contributed by atoms with Crippen LogP contribution in [0.2, 0.25) is 0 Å². The summed E-state index contributed by atoms with van der Waals surface area (Å²) < 4.78 is 0. The molecule has 23 heavy (non-hydrogen) atoms. The first-order valence-corrected chi connectivity index (χ1v) is 9.69. The highest BCUT2D eigenvalue weighted by molar-refractivity contribution is 5.38. The molecule has 0 bridgehead atoms. The summed E-state index contributed by atoms with van der Waals surface area (Å²) in [5, 5.41) is 10.6. The molecule has 1 aromatic rings. The van der Waals surface area contributed by atoms with Crippen LogP contribution in [0.3, 0.4) is 0 Å². The molecule has 2 unspecified atom stereocenters. The second-order valence-corrected chi connectivity index (χ2v) is 9.24. The van der Waals surface area contributed by atoms with Crippen molar-refractivity contribution in [3.8, 4) is 0 Å². The first-order valence-electron chi connectivity index (χ1n) is 9.69. The number of aliphatic hydroxyl groups is 1. The average Bonchev–Trinajstić information content (AvgIpc) is 2.81. The summed E-state index contributed by atoms with van der Waals surface area (Å²) in [7, 11) is 0. The standard InChI is InChI=1S/C22H32O/c1-13(2)18-12-15-11-14(3)5-6-16(15)17-9-10-22(4)19(21(17)18)7-8-20(22)23/h5-6,11,13,17-21,23H,7-10,12H2,1-4H3/t17?,18?,19-,20-,21-,22-/m0/s1. The van der Waals surface area contributed by atoms with E-state index in [1.165, 1.54) is 31.2 Å². The average molecular weight is 312 g/mol. The fourth-order valence-electron chi connectivity index (χ4n) is 6.47. The van der Waals surface area contributed by atoms with Crippen molar-refractivity contribution >= 4 is 0 Å². The lowest BCUT2D eigenvalue weighted by Crippen LogP contribution is -2.48. The van der Waals surface area contributed by atoms with Gasteiger partial charge in [-0.25, -0.2) is 0 Å². The van der Waals surface area contributed by atoms with Gasteiger partial charge in [0.25, 0.3) is 0 Å². The Morgan fingerprint density at radius 3 is 2.70 bits per heavy atom. The van der Waals surface area contributed by atoms with Crippen LogP contribution < -0.4 is 0 Å². The van der Waals surface area contributed by atoms with E-state index in [2.05, 4.69) is 45.9 Å². The summed E-state index contributed by atoms with van der Waals surface area (Å²) in [6.45, 7) is 9.44. The molecule has 2 saturated carbocycles. The van der Waals surface area contributed by atoms with Crippen LogP contribution in [0.25, 0.3) is 0 Å². The van der Waals surface area contributed by atoms with Crippen molar-refractivity contribution in [1.82, 2.24) is 0 Å². The molecule has 0 aliphatic heterocycles. The molecule has 1 nitrogen and oxygen atoms in total. The van der Waals surface area contributed by atoms with Crippen molar-refractivity contribution < 1.29 is 5.11 Å². The zero-order valence-electron chi connectivity index (χ0n) is 15.2. The Kier molecular flexibility index (Phi) is 3.65. The van der Waals surface area contributed by atoms with E-state index in [9.17, 15) is 5.11 Å². The predicted molar refractivity (Wildman–Crippen MR) is 95.5 cm³/mol. The predicted octanol–water partition coefficient (Wildman–Crippen LogP) is 5.09. The molecule has 126 valence electrons. The maximum Gasteiger partial charge on any atom is 0.0596 e. The molecule has 6 atom stereocenters. The van der Waals surface area contributed by atoms with Crippen molar-refractivity contribution in [2.24, 2.45) is 29.1 Å². The van der Waals surface area contributed by atoms with Crippen molar-refractivity contribution in [2.45, 2.75) is 71.8 Å². The van der Waals surface area contributed by atoms with E-state index in [1.807, 2.05) is 0 Å². The summed E-state index contributed by atoms with van der Waals surface area (Å²) in [6.07, 6.45) is 5.92. The first kappa shape index (κ1) is 15.7. The fourth-order valence-corrected chi connectivity index (χ4v) is 6.47. The van der Waals surface area contributed by atoms with Gasteiger partial charge in [-0.3, -0.25) is 0 Å². The molecule has 1 aromatic carbocycles. The summed E-state index contributed by atoms with van der Waals surface area (Å²) in [5.74, 6) is 3.75. The molecule has 2 fully saturated rings. The Balaban J connectivity index is 1.79. The lowest BCUT2D eigenvalue weighted by molar-refractivity contribution is -0.0450. The van der Waals surface area contributed by atoms with Gasteiger partial charge in [-0.1, -0.05) is 44.5 Å². The van der Waals surface area contributed by atoms with E-state index in [-0.39, 0.29) is 11.5 Å². The van der Waals surface area contributed by atoms with Gasteiger partial charge in [-0.05, 0) is 85.2 Å². The molecule has 4 rings (SSSR count). The minimum absolute atomic E-state index is 0.0688. The Morgan fingerprint density at radius 1 is 1.17 bits per heavy atom. The maximum absolute atomic E-state index is 10.6. The van der Waals surface area contributed by atoms with Gasteiger partial charge >= 0.3 is 0 Å². The minimum Gasteiger partial charge on any atom is -0.393 e. The molecule has 0 heterocycles. The van der Waals surface area contributed by atoms with E-state index >= 15 is 0 Å². The van der Waals surface area contributed by atoms with Crippen LogP contribution in [0.1, 0.15) is 69.1 Å². The van der Waals surface area contributed by atoms with Crippen molar-refractivity contribution in [3.63, 3.8) is 0 Å². The van der Waals surface area contributed by atoms with Crippen LogP contribution >= 0.6 is 0 Å². The van der Waals surface area contributed by atoms with Gasteiger partial charge in [0.2, 0.25) is 0 Å². The highest BCUT2D eigenvalue weighted by atomic mass is 16.3. The molecular formula is C22H32O. The fraction of sp³-hybridized carbons (Fsp3) is 0.727. The molecular weight excluding hydrogens is 280 g/mol. The van der Waals surface area contributed by atoms with Crippen molar-refractivity contribution in [1.29, 1.82) is 0 Å². The SMILES string of the molecule is Cc1ccc2c(c1)CC(C(C)C)[C@@H]1C2CC[C@]2(C)[C@@H](O)CC[C@@H]12. The Morgan fingerprint density at radius 2 is 1.96 bits per heavy atom. The molecule has 3 aliphatic rings. The summed E-state index contributed by atoms with van der Waals surface area (Å²) in [5.41, 5.74) is 4.84. The monoisotopic (exact) mass is 312 g/mol. The Hall–Kier alpha value is -0.820. The van der Waals surface area contributed by atoms with Crippen LogP contribution in [0, 0.1) is 36.0 Å². The van der Waals surface area contributed by atoms with Gasteiger partial charge in [0.1, 0.15) is 0 Å². The third kappa shape index (κ3) is 2.22. The maximum atomic E-state index is 10.6. The lowest BCUT2D eigenvalue weighted by Gasteiger charge is -2.54. The summed E-state index contributed by atoms with van der Waals surface area (Å²) in [6, 6.07) is 7.17. The van der Waals surface area contributed by atoms with Gasteiger partial charge in [0, 0.05) is 0 Å². The van der Waals surface area contributed by atoms with E-state index in [0.717, 1.165) is 36.0 Å². The topological polar surface area (TPSA) is 20.2 Å². The second kappa shape index (κ2) is 5.34. The Labute approximate surface area is 141 Å². The number of rotatable bonds is 1. The van der Waals surface area contributed by atoms with E-state index in [0.29, 0.717) is 0 Å². The molecule has 1 heteroatoms. The van der Waals surface area contributed by atoms with Gasteiger partial charge < -0.3 is 5.11 Å². The zero-order valence-corrected chi connectivity index (χ0v) is 15.2. The molecule has 0 aromatic heterocycles. The molecule has 0 saturated heterocycles. The summed E-state index contributed by atoms with van der Waals surface area (Å²) >= 11 is 0. The lowest BCUT2D eigenvalue weighted by atomic mass is 9.51. The molecule has 1 N–H and O–H groups in total. The van der Waals surface area contributed by atoms with Gasteiger partial charge in [-0.2, -0.15) is 0 Å². The van der Waals surface area contributed by atoms with Gasteiger partial charge in [0.15, 0.2) is 0 Å². The van der Waals surface area contributed by atoms with Crippen molar-refractivity contribution in [2.75, 3.05) is 0 Å². The van der Waals surface area contributed by atoms with Crippen LogP contribution in [0.15, 0.2) is 18.2 Å². The third-order valence-corrected chi connectivity index (χ3v) is 7.79. The van der Waals surface area contributed by atoms with Crippen LogP contribution in [0.4, 0.5) is 0 Å². The Bertz CT molecular complexity index is 604. The highest BCUT2D eigenvalue weighted by Gasteiger charge is 2.56. The van der Waals surface area contributed by atoms with Crippen LogP contribution in [0.5, 0.6) is 0 Å². The van der Waals surface area contributed by atoms with Crippen LogP contribution in [-0.4, -0.2) is 11.2 Å². The largest absolute Gasteiger partial charge is 0.393 e. The highest BCUT2D eigenvalue weighted by Crippen LogP contribution is 2.62. The quantitative estimate of drug-likeness (QED) is 0.765. The zero-order chi connectivity index (χ0) is 16.4. The normalized spacial score (nSPS) is 42.3. The molecule has 3 aliphatic carbocycles. The number of hydrogen-bond acceptors (Lipinski definition) is 1. The minimum atomic E-state index is -0.0688. The molecule has 0 radical (unpaired) electrons. The number of aryl methyl sites for hydroxylation is 1. The summed E-state index contributed by atoms with van der Waals surface area (Å²) in [4.78, 5) is 0. The van der Waals surface area contributed by atoms with Gasteiger partial charge in [-0.15, -0.1) is 0 Å². The van der Waals surface area contributed by atoms with E-state index in [4.69, 9.17) is 0 Å². The van der Waals surface area contributed by atoms with E-state index in [1.54, 1.807) is 11.1 Å². The third-order valence-electron chi connectivity index (χ3n) is 7.79.